The molecule has 7 nitrogen and oxygen atoms in total. The van der Waals surface area contributed by atoms with Gasteiger partial charge < -0.3 is 21.4 Å². The van der Waals surface area contributed by atoms with Crippen molar-refractivity contribution >= 4 is 23.4 Å². The molecule has 16 heavy (non-hydrogen) atoms. The monoisotopic (exact) mass is 223 g/mol. The third-order valence-electron chi connectivity index (χ3n) is 1.71. The first-order valence-corrected chi connectivity index (χ1v) is 4.17. The molecule has 0 radical (unpaired) electrons. The number of hydrogen-bond donors (Lipinski definition) is 4. The zero-order valence-electron chi connectivity index (χ0n) is 8.04. The lowest BCUT2D eigenvalue weighted by atomic mass is 10.2. The van der Waals surface area contributed by atoms with Crippen molar-refractivity contribution in [2.24, 2.45) is 10.9 Å². The molecular weight excluding hydrogens is 214 g/mol. The van der Waals surface area contributed by atoms with Crippen LogP contribution in [0.3, 0.4) is 0 Å². The number of hydrogen-bond acceptors (Lipinski definition) is 4. The summed E-state index contributed by atoms with van der Waals surface area (Å²) in [5, 5.41) is 21.7. The summed E-state index contributed by atoms with van der Waals surface area (Å²) in [5.41, 5.74) is 5.31. The number of amides is 1. The molecule has 0 aliphatic heterocycles. The highest BCUT2D eigenvalue weighted by atomic mass is 16.4. The lowest BCUT2D eigenvalue weighted by molar-refractivity contribution is -0.110. The lowest BCUT2D eigenvalue weighted by Gasteiger charge is -2.04. The van der Waals surface area contributed by atoms with Crippen molar-refractivity contribution in [3.8, 4) is 0 Å². The van der Waals surface area contributed by atoms with Crippen LogP contribution in [-0.2, 0) is 4.79 Å². The maximum absolute atomic E-state index is 11.2. The Kier molecular flexibility index (Phi) is 3.44. The lowest BCUT2D eigenvalue weighted by Crippen LogP contribution is -2.30. The van der Waals surface area contributed by atoms with Gasteiger partial charge in [0.05, 0.1) is 5.56 Å². The van der Waals surface area contributed by atoms with Crippen LogP contribution in [0.1, 0.15) is 10.4 Å². The van der Waals surface area contributed by atoms with Gasteiger partial charge in [0.2, 0.25) is 5.84 Å². The third kappa shape index (κ3) is 2.71. The van der Waals surface area contributed by atoms with E-state index in [1.165, 1.54) is 24.3 Å². The highest BCUT2D eigenvalue weighted by molar-refractivity contribution is 6.41. The summed E-state index contributed by atoms with van der Waals surface area (Å²) >= 11 is 0. The second-order valence-electron chi connectivity index (χ2n) is 2.83. The Balaban J connectivity index is 2.86. The molecule has 0 spiro atoms. The van der Waals surface area contributed by atoms with E-state index < -0.39 is 17.7 Å². The van der Waals surface area contributed by atoms with Crippen LogP contribution in [0.15, 0.2) is 29.4 Å². The number of nitrogens with zero attached hydrogens (tertiary/aromatic N) is 1. The summed E-state index contributed by atoms with van der Waals surface area (Å²) in [7, 11) is 0. The fourth-order valence-corrected chi connectivity index (χ4v) is 0.971. The molecule has 1 amide bonds. The molecule has 0 atom stereocenters. The molecule has 0 fully saturated rings. The zero-order chi connectivity index (χ0) is 12.1. The van der Waals surface area contributed by atoms with Gasteiger partial charge in [-0.3, -0.25) is 4.79 Å². The molecule has 7 heteroatoms. The number of nitrogens with two attached hydrogens (primary N) is 1. The maximum atomic E-state index is 11.2. The summed E-state index contributed by atoms with van der Waals surface area (Å²) in [6, 6.07) is 5.58. The molecule has 0 saturated heterocycles. The molecule has 0 saturated carbocycles. The number of carboxylic acids is 1. The van der Waals surface area contributed by atoms with Gasteiger partial charge in [-0.05, 0) is 18.2 Å². The Bertz CT molecular complexity index is 456. The smallest absolute Gasteiger partial charge is 0.335 e. The van der Waals surface area contributed by atoms with E-state index in [4.69, 9.17) is 16.0 Å². The predicted octanol–water partition coefficient (Wildman–Crippen LogP) is 0.0697. The van der Waals surface area contributed by atoms with E-state index in [1.807, 2.05) is 0 Å². The Morgan fingerprint density at radius 3 is 2.62 bits per heavy atom. The molecule has 1 aromatic rings. The standard InChI is InChI=1S/C9H9N3O4/c10-7(12-16)8(13)11-6-3-1-2-5(4-6)9(14)15/h1-4,16H,(H2,10,12)(H,11,13)(H,14,15). The Morgan fingerprint density at radius 1 is 1.38 bits per heavy atom. The van der Waals surface area contributed by atoms with E-state index in [0.29, 0.717) is 0 Å². The van der Waals surface area contributed by atoms with Gasteiger partial charge in [-0.2, -0.15) is 0 Å². The van der Waals surface area contributed by atoms with Crippen LogP contribution < -0.4 is 11.1 Å². The van der Waals surface area contributed by atoms with E-state index in [9.17, 15) is 9.59 Å². The van der Waals surface area contributed by atoms with Crippen LogP contribution in [0, 0.1) is 0 Å². The summed E-state index contributed by atoms with van der Waals surface area (Å²) < 4.78 is 0. The number of nitrogens with one attached hydrogen (secondary N) is 1. The van der Waals surface area contributed by atoms with E-state index in [1.54, 1.807) is 0 Å². The molecule has 84 valence electrons. The molecule has 0 aliphatic carbocycles. The summed E-state index contributed by atoms with van der Waals surface area (Å²) in [5.74, 6) is -2.54. The van der Waals surface area contributed by atoms with Crippen LogP contribution in [0.2, 0.25) is 0 Å². The number of rotatable bonds is 2. The average molecular weight is 223 g/mol. The van der Waals surface area contributed by atoms with Crippen molar-refractivity contribution in [3.63, 3.8) is 0 Å². The first kappa shape index (κ1) is 11.5. The van der Waals surface area contributed by atoms with E-state index >= 15 is 0 Å². The predicted molar refractivity (Wildman–Crippen MR) is 55.4 cm³/mol. The molecule has 0 heterocycles. The van der Waals surface area contributed by atoms with Crippen molar-refractivity contribution in [1.82, 2.24) is 0 Å². The summed E-state index contributed by atoms with van der Waals surface area (Å²) in [6.07, 6.45) is 0. The number of carboxylic acid groups (broad SMARTS) is 1. The number of oxime groups is 1. The largest absolute Gasteiger partial charge is 0.478 e. The normalized spacial score (nSPS) is 10.9. The molecule has 0 aliphatic rings. The minimum Gasteiger partial charge on any atom is -0.478 e. The average Bonchev–Trinajstić information content (AvgIpc) is 2.28. The van der Waals surface area contributed by atoms with Crippen LogP contribution in [0.25, 0.3) is 0 Å². The number of amidine groups is 1. The van der Waals surface area contributed by atoms with Crippen molar-refractivity contribution in [1.29, 1.82) is 0 Å². The topological polar surface area (TPSA) is 125 Å². The van der Waals surface area contributed by atoms with Crippen molar-refractivity contribution < 1.29 is 19.9 Å². The van der Waals surface area contributed by atoms with Gasteiger partial charge in [0.25, 0.3) is 5.91 Å². The van der Waals surface area contributed by atoms with Gasteiger partial charge in [0, 0.05) is 5.69 Å². The summed E-state index contributed by atoms with van der Waals surface area (Å²) in [6.45, 7) is 0. The molecule has 1 rings (SSSR count). The number of benzene rings is 1. The minimum absolute atomic E-state index is 0.0253. The van der Waals surface area contributed by atoms with E-state index in [-0.39, 0.29) is 11.3 Å². The zero-order valence-corrected chi connectivity index (χ0v) is 8.04. The first-order chi connectivity index (χ1) is 7.54. The van der Waals surface area contributed by atoms with Gasteiger partial charge in [-0.1, -0.05) is 11.2 Å². The van der Waals surface area contributed by atoms with E-state index in [2.05, 4.69) is 10.5 Å². The van der Waals surface area contributed by atoms with Crippen LogP contribution >= 0.6 is 0 Å². The minimum atomic E-state index is -1.11. The van der Waals surface area contributed by atoms with Gasteiger partial charge in [0.1, 0.15) is 0 Å². The van der Waals surface area contributed by atoms with E-state index in [0.717, 1.165) is 0 Å². The molecule has 0 bridgehead atoms. The van der Waals surface area contributed by atoms with Gasteiger partial charge >= 0.3 is 5.97 Å². The number of aromatic carboxylic acids is 1. The molecular formula is C9H9N3O4. The van der Waals surface area contributed by atoms with Gasteiger partial charge in [0.15, 0.2) is 0 Å². The number of anilines is 1. The fourth-order valence-electron chi connectivity index (χ4n) is 0.971. The second-order valence-corrected chi connectivity index (χ2v) is 2.83. The van der Waals surface area contributed by atoms with Gasteiger partial charge in [-0.25, -0.2) is 4.79 Å². The number of carbonyl (C=O) groups excluding carboxylic acids is 1. The molecule has 0 aromatic heterocycles. The number of carbonyl (C=O) groups is 2. The maximum Gasteiger partial charge on any atom is 0.335 e. The Morgan fingerprint density at radius 2 is 2.06 bits per heavy atom. The second kappa shape index (κ2) is 4.78. The fraction of sp³-hybridized carbons (Fsp3) is 0. The molecule has 0 unspecified atom stereocenters. The van der Waals surface area contributed by atoms with Crippen LogP contribution in [0.5, 0.6) is 0 Å². The Labute approximate surface area is 90.2 Å². The van der Waals surface area contributed by atoms with Crippen LogP contribution in [0.4, 0.5) is 5.69 Å². The third-order valence-corrected chi connectivity index (χ3v) is 1.71. The molecule has 5 N–H and O–H groups in total. The highest BCUT2D eigenvalue weighted by Crippen LogP contribution is 2.10. The van der Waals surface area contributed by atoms with Crippen molar-refractivity contribution in [2.45, 2.75) is 0 Å². The van der Waals surface area contributed by atoms with Gasteiger partial charge in [-0.15, -0.1) is 0 Å². The van der Waals surface area contributed by atoms with Crippen LogP contribution in [-0.4, -0.2) is 28.0 Å². The molecule has 1 aromatic carbocycles. The SMILES string of the molecule is N/C(=N/O)C(=O)Nc1cccc(C(=O)O)c1. The quantitative estimate of drug-likeness (QED) is 0.244. The first-order valence-electron chi connectivity index (χ1n) is 4.17. The highest BCUT2D eigenvalue weighted by Gasteiger charge is 2.09. The van der Waals surface area contributed by atoms with Crippen molar-refractivity contribution in [3.05, 3.63) is 29.8 Å². The van der Waals surface area contributed by atoms with Crippen molar-refractivity contribution in [2.75, 3.05) is 5.32 Å². The summed E-state index contributed by atoms with van der Waals surface area (Å²) in [4.78, 5) is 21.8. The Hall–Kier alpha value is -2.57.